The first-order valence-electron chi connectivity index (χ1n) is 8.76. The fourth-order valence-corrected chi connectivity index (χ4v) is 3.33. The lowest BCUT2D eigenvalue weighted by Gasteiger charge is -2.16. The number of hydrogen-bond acceptors (Lipinski definition) is 4. The minimum absolute atomic E-state index is 0.143. The van der Waals surface area contributed by atoms with E-state index in [0.717, 1.165) is 42.8 Å². The summed E-state index contributed by atoms with van der Waals surface area (Å²) in [4.78, 5) is 2.19. The van der Waals surface area contributed by atoms with Crippen LogP contribution in [-0.4, -0.2) is 28.2 Å². The zero-order valence-electron chi connectivity index (χ0n) is 14.5. The van der Waals surface area contributed by atoms with Gasteiger partial charge in [0.05, 0.1) is 11.5 Å². The quantitative estimate of drug-likeness (QED) is 0.662. The van der Waals surface area contributed by atoms with Gasteiger partial charge in [-0.1, -0.05) is 30.3 Å². The van der Waals surface area contributed by atoms with Crippen molar-refractivity contribution < 1.29 is 17.6 Å². The summed E-state index contributed by atoms with van der Waals surface area (Å²) in [6, 6.07) is 14.9. The van der Waals surface area contributed by atoms with Crippen molar-refractivity contribution in [3.63, 3.8) is 0 Å². The second-order valence-corrected chi connectivity index (χ2v) is 6.73. The van der Waals surface area contributed by atoms with Crippen LogP contribution in [0.3, 0.4) is 0 Å². The van der Waals surface area contributed by atoms with Gasteiger partial charge in [0.2, 0.25) is 11.8 Å². The minimum atomic E-state index is -4.30. The highest BCUT2D eigenvalue weighted by Crippen LogP contribution is 2.31. The molecule has 7 heteroatoms. The highest BCUT2D eigenvalue weighted by atomic mass is 19.4. The first-order chi connectivity index (χ1) is 13.0. The van der Waals surface area contributed by atoms with Crippen LogP contribution in [-0.2, 0) is 12.7 Å². The number of benzene rings is 2. The van der Waals surface area contributed by atoms with Gasteiger partial charge in [0.1, 0.15) is 0 Å². The highest BCUT2D eigenvalue weighted by Gasteiger charge is 2.31. The molecule has 0 saturated carbocycles. The van der Waals surface area contributed by atoms with Gasteiger partial charge >= 0.3 is 6.18 Å². The summed E-state index contributed by atoms with van der Waals surface area (Å²) in [5, 5.41) is 8.32. The van der Waals surface area contributed by atoms with Crippen LogP contribution in [0.2, 0.25) is 0 Å². The van der Waals surface area contributed by atoms with Crippen LogP contribution >= 0.6 is 0 Å². The van der Waals surface area contributed by atoms with E-state index in [9.17, 15) is 13.2 Å². The van der Waals surface area contributed by atoms with Crippen LogP contribution in [0.15, 0.2) is 59.0 Å². The number of alkyl halides is 3. The van der Waals surface area contributed by atoms with Crippen LogP contribution in [0.25, 0.3) is 11.5 Å². The molecule has 140 valence electrons. The Morgan fingerprint density at radius 1 is 1.00 bits per heavy atom. The van der Waals surface area contributed by atoms with E-state index >= 15 is 0 Å². The Kier molecular flexibility index (Phi) is 4.70. The van der Waals surface area contributed by atoms with Crippen molar-refractivity contribution in [3.05, 3.63) is 71.6 Å². The molecule has 4 rings (SSSR count). The molecule has 0 bridgehead atoms. The SMILES string of the molecule is FC(F)(F)c1ccc(CN2CCC(c3nnc(-c4ccccc4)o3)C2)cc1. The van der Waals surface area contributed by atoms with E-state index in [2.05, 4.69) is 15.1 Å². The fraction of sp³-hybridized carbons (Fsp3) is 0.300. The zero-order valence-corrected chi connectivity index (χ0v) is 14.5. The van der Waals surface area contributed by atoms with Gasteiger partial charge in [-0.3, -0.25) is 4.90 Å². The molecular formula is C20H18F3N3O. The van der Waals surface area contributed by atoms with Gasteiger partial charge in [0.15, 0.2) is 0 Å². The third kappa shape index (κ3) is 4.03. The molecule has 4 nitrogen and oxygen atoms in total. The topological polar surface area (TPSA) is 42.2 Å². The van der Waals surface area contributed by atoms with Crippen LogP contribution in [0, 0.1) is 0 Å². The third-order valence-corrected chi connectivity index (χ3v) is 4.77. The van der Waals surface area contributed by atoms with Gasteiger partial charge in [-0.15, -0.1) is 10.2 Å². The van der Waals surface area contributed by atoms with Gasteiger partial charge < -0.3 is 4.42 Å². The van der Waals surface area contributed by atoms with Gasteiger partial charge in [-0.2, -0.15) is 13.2 Å². The van der Waals surface area contributed by atoms with Crippen molar-refractivity contribution in [2.24, 2.45) is 0 Å². The smallest absolute Gasteiger partial charge is 0.416 e. The Morgan fingerprint density at radius 3 is 2.44 bits per heavy atom. The average Bonchev–Trinajstić information content (AvgIpc) is 3.31. The number of aromatic nitrogens is 2. The van der Waals surface area contributed by atoms with Crippen molar-refractivity contribution in [2.45, 2.75) is 25.1 Å². The molecule has 2 aromatic carbocycles. The lowest BCUT2D eigenvalue weighted by atomic mass is 10.1. The summed E-state index contributed by atoms with van der Waals surface area (Å²) in [6.07, 6.45) is -3.41. The van der Waals surface area contributed by atoms with Crippen molar-refractivity contribution in [3.8, 4) is 11.5 Å². The maximum absolute atomic E-state index is 12.7. The summed E-state index contributed by atoms with van der Waals surface area (Å²) < 4.78 is 43.8. The van der Waals surface area contributed by atoms with E-state index in [1.54, 1.807) is 0 Å². The Hall–Kier alpha value is -2.67. The zero-order chi connectivity index (χ0) is 18.9. The number of rotatable bonds is 4. The molecule has 0 amide bonds. The van der Waals surface area contributed by atoms with Gasteiger partial charge in [-0.25, -0.2) is 0 Å². The normalized spacial score (nSPS) is 18.1. The lowest BCUT2D eigenvalue weighted by Crippen LogP contribution is -2.20. The number of hydrogen-bond donors (Lipinski definition) is 0. The van der Waals surface area contributed by atoms with Crippen molar-refractivity contribution in [1.82, 2.24) is 15.1 Å². The predicted octanol–water partition coefficient (Wildman–Crippen LogP) is 4.74. The molecule has 1 atom stereocenters. The molecule has 0 spiro atoms. The second kappa shape index (κ2) is 7.15. The lowest BCUT2D eigenvalue weighted by molar-refractivity contribution is -0.137. The van der Waals surface area contributed by atoms with E-state index in [4.69, 9.17) is 4.42 Å². The van der Waals surface area contributed by atoms with Crippen LogP contribution < -0.4 is 0 Å². The molecule has 1 fully saturated rings. The molecule has 1 aliphatic heterocycles. The number of likely N-dealkylation sites (tertiary alicyclic amines) is 1. The van der Waals surface area contributed by atoms with E-state index in [1.165, 1.54) is 12.1 Å². The fourth-order valence-electron chi connectivity index (χ4n) is 3.33. The summed E-state index contributed by atoms with van der Waals surface area (Å²) >= 11 is 0. The molecule has 1 saturated heterocycles. The summed E-state index contributed by atoms with van der Waals surface area (Å²) in [5.41, 5.74) is 1.12. The molecule has 1 unspecified atom stereocenters. The first-order valence-corrected chi connectivity index (χ1v) is 8.76. The van der Waals surface area contributed by atoms with Crippen molar-refractivity contribution in [1.29, 1.82) is 0 Å². The molecule has 27 heavy (non-hydrogen) atoms. The molecule has 3 aromatic rings. The first kappa shape index (κ1) is 17.7. The Labute approximate surface area is 154 Å². The minimum Gasteiger partial charge on any atom is -0.420 e. The largest absolute Gasteiger partial charge is 0.420 e. The summed E-state index contributed by atoms with van der Waals surface area (Å²) in [5.74, 6) is 1.26. The summed E-state index contributed by atoms with van der Waals surface area (Å²) in [6.45, 7) is 2.19. The molecule has 1 aromatic heterocycles. The molecule has 0 aliphatic carbocycles. The molecule has 2 heterocycles. The number of nitrogens with zero attached hydrogens (tertiary/aromatic N) is 3. The Bertz CT molecular complexity index is 891. The van der Waals surface area contributed by atoms with E-state index in [1.807, 2.05) is 30.3 Å². The maximum atomic E-state index is 12.7. The second-order valence-electron chi connectivity index (χ2n) is 6.73. The Morgan fingerprint density at radius 2 is 1.74 bits per heavy atom. The molecular weight excluding hydrogens is 355 g/mol. The van der Waals surface area contributed by atoms with E-state index in [-0.39, 0.29) is 5.92 Å². The predicted molar refractivity (Wildman–Crippen MR) is 93.8 cm³/mol. The monoisotopic (exact) mass is 373 g/mol. The van der Waals surface area contributed by atoms with E-state index in [0.29, 0.717) is 18.3 Å². The number of halogens is 3. The summed E-state index contributed by atoms with van der Waals surface area (Å²) in [7, 11) is 0. The molecule has 1 aliphatic rings. The van der Waals surface area contributed by atoms with Gasteiger partial charge in [0.25, 0.3) is 0 Å². The standard InChI is InChI=1S/C20H18F3N3O/c21-20(22,23)17-8-6-14(7-9-17)12-26-11-10-16(13-26)19-25-24-18(27-19)15-4-2-1-3-5-15/h1-9,16H,10-13H2. The maximum Gasteiger partial charge on any atom is 0.416 e. The Balaban J connectivity index is 1.38. The van der Waals surface area contributed by atoms with Crippen LogP contribution in [0.5, 0.6) is 0 Å². The highest BCUT2D eigenvalue weighted by molar-refractivity contribution is 5.51. The van der Waals surface area contributed by atoms with Crippen molar-refractivity contribution >= 4 is 0 Å². The van der Waals surface area contributed by atoms with Gasteiger partial charge in [-0.05, 0) is 42.8 Å². The van der Waals surface area contributed by atoms with Gasteiger partial charge in [0, 0.05) is 18.7 Å². The molecule has 0 radical (unpaired) electrons. The van der Waals surface area contributed by atoms with Crippen molar-refractivity contribution in [2.75, 3.05) is 13.1 Å². The van der Waals surface area contributed by atoms with E-state index < -0.39 is 11.7 Å². The third-order valence-electron chi connectivity index (χ3n) is 4.77. The average molecular weight is 373 g/mol. The van der Waals surface area contributed by atoms with Crippen LogP contribution in [0.4, 0.5) is 13.2 Å². The molecule has 0 N–H and O–H groups in total. The van der Waals surface area contributed by atoms with Crippen LogP contribution in [0.1, 0.15) is 29.4 Å².